The number of amides is 1. The van der Waals surface area contributed by atoms with E-state index in [2.05, 4.69) is 26.6 Å². The van der Waals surface area contributed by atoms with Gasteiger partial charge in [-0.3, -0.25) is 4.79 Å². The van der Waals surface area contributed by atoms with E-state index in [-0.39, 0.29) is 5.91 Å². The summed E-state index contributed by atoms with van der Waals surface area (Å²) in [6.07, 6.45) is 6.95. The van der Waals surface area contributed by atoms with Gasteiger partial charge in [0.2, 0.25) is 5.91 Å². The predicted octanol–water partition coefficient (Wildman–Crippen LogP) is 3.09. The van der Waals surface area contributed by atoms with Crippen LogP contribution in [0.15, 0.2) is 36.5 Å². The van der Waals surface area contributed by atoms with Crippen LogP contribution in [0, 0.1) is 22.7 Å². The number of nitriles is 1. The second-order valence-electron chi connectivity index (χ2n) is 7.76. The molecule has 2 aromatic rings. The average molecular weight is 376 g/mol. The molecule has 7 heteroatoms. The minimum atomic E-state index is -0.750. The molecule has 144 valence electrons. The number of nitrogens with zero attached hydrogens (tertiary/aromatic N) is 5. The number of pyridine rings is 1. The number of aromatic nitrogens is 3. The zero-order chi connectivity index (χ0) is 19.4. The van der Waals surface area contributed by atoms with Gasteiger partial charge in [0.05, 0.1) is 11.8 Å². The van der Waals surface area contributed by atoms with Crippen molar-refractivity contribution in [2.45, 2.75) is 38.5 Å². The molecule has 1 amide bonds. The average Bonchev–Trinajstić information content (AvgIpc) is 2.70. The first-order valence-electron chi connectivity index (χ1n) is 9.90. The molecule has 1 aliphatic carbocycles. The Morgan fingerprint density at radius 3 is 2.75 bits per heavy atom. The summed E-state index contributed by atoms with van der Waals surface area (Å²) in [5.74, 6) is 1.78. The Bertz CT molecular complexity index is 857. The Kier molecular flexibility index (Phi) is 5.20. The standard InChI is InChI=1S/C21H24N6O/c22-15-21(9-4-10-21)20(28)27-12-3-5-16(14-27)13-17-7-8-19(26-25-17)24-18-6-1-2-11-23-18/h1-2,6-8,11,16H,3-5,9-10,12-14H2,(H,23,24,26). The van der Waals surface area contributed by atoms with E-state index < -0.39 is 5.41 Å². The maximum Gasteiger partial charge on any atom is 0.243 e. The van der Waals surface area contributed by atoms with E-state index in [1.807, 2.05) is 35.2 Å². The van der Waals surface area contributed by atoms with Crippen molar-refractivity contribution in [2.24, 2.45) is 11.3 Å². The van der Waals surface area contributed by atoms with Crippen LogP contribution in [0.4, 0.5) is 11.6 Å². The van der Waals surface area contributed by atoms with Gasteiger partial charge in [-0.25, -0.2) is 4.98 Å². The van der Waals surface area contributed by atoms with Crippen LogP contribution < -0.4 is 5.32 Å². The van der Waals surface area contributed by atoms with Gasteiger partial charge in [0.15, 0.2) is 5.82 Å². The summed E-state index contributed by atoms with van der Waals surface area (Å²) in [4.78, 5) is 18.9. The highest BCUT2D eigenvalue weighted by Crippen LogP contribution is 2.42. The molecular formula is C21H24N6O. The van der Waals surface area contributed by atoms with Crippen LogP contribution in [0.2, 0.25) is 0 Å². The maximum absolute atomic E-state index is 12.8. The molecule has 1 saturated heterocycles. The van der Waals surface area contributed by atoms with Crippen molar-refractivity contribution in [1.82, 2.24) is 20.1 Å². The van der Waals surface area contributed by atoms with E-state index in [0.717, 1.165) is 43.7 Å². The van der Waals surface area contributed by atoms with Gasteiger partial charge in [-0.05, 0) is 68.7 Å². The summed E-state index contributed by atoms with van der Waals surface area (Å²) < 4.78 is 0. The number of carbonyl (C=O) groups excluding carboxylic acids is 1. The molecule has 1 saturated carbocycles. The summed E-state index contributed by atoms with van der Waals surface area (Å²) in [6, 6.07) is 11.8. The number of carbonyl (C=O) groups is 1. The second-order valence-corrected chi connectivity index (χ2v) is 7.76. The zero-order valence-electron chi connectivity index (χ0n) is 15.8. The van der Waals surface area contributed by atoms with Crippen molar-refractivity contribution in [3.63, 3.8) is 0 Å². The highest BCUT2D eigenvalue weighted by atomic mass is 16.2. The van der Waals surface area contributed by atoms with Crippen molar-refractivity contribution in [3.8, 4) is 6.07 Å². The van der Waals surface area contributed by atoms with Gasteiger partial charge in [-0.1, -0.05) is 6.07 Å². The summed E-state index contributed by atoms with van der Waals surface area (Å²) in [5, 5.41) is 21.1. The minimum absolute atomic E-state index is 0.0342. The van der Waals surface area contributed by atoms with Gasteiger partial charge in [-0.15, -0.1) is 5.10 Å². The van der Waals surface area contributed by atoms with E-state index in [1.54, 1.807) is 6.20 Å². The summed E-state index contributed by atoms with van der Waals surface area (Å²) in [7, 11) is 0. The fourth-order valence-corrected chi connectivity index (χ4v) is 4.02. The van der Waals surface area contributed by atoms with Gasteiger partial charge in [0.25, 0.3) is 0 Å². The third-order valence-electron chi connectivity index (χ3n) is 5.78. The molecule has 4 rings (SSSR count). The Balaban J connectivity index is 1.35. The highest BCUT2D eigenvalue weighted by Gasteiger charge is 2.47. The number of likely N-dealkylation sites (tertiary alicyclic amines) is 1. The first-order valence-corrected chi connectivity index (χ1v) is 9.90. The van der Waals surface area contributed by atoms with Crippen LogP contribution in [0.25, 0.3) is 0 Å². The predicted molar refractivity (Wildman–Crippen MR) is 104 cm³/mol. The number of nitrogens with one attached hydrogen (secondary N) is 1. The molecule has 1 atom stereocenters. The third-order valence-corrected chi connectivity index (χ3v) is 5.78. The molecule has 1 N–H and O–H groups in total. The number of rotatable bonds is 5. The first-order chi connectivity index (χ1) is 13.7. The van der Waals surface area contributed by atoms with Crippen LogP contribution >= 0.6 is 0 Å². The maximum atomic E-state index is 12.8. The monoisotopic (exact) mass is 376 g/mol. The van der Waals surface area contributed by atoms with Gasteiger partial charge in [-0.2, -0.15) is 10.4 Å². The quantitative estimate of drug-likeness (QED) is 0.862. The van der Waals surface area contributed by atoms with Crippen molar-refractivity contribution in [3.05, 3.63) is 42.2 Å². The lowest BCUT2D eigenvalue weighted by molar-refractivity contribution is -0.144. The Labute approximate surface area is 164 Å². The van der Waals surface area contributed by atoms with E-state index in [4.69, 9.17) is 0 Å². The lowest BCUT2D eigenvalue weighted by atomic mass is 9.68. The number of hydrogen-bond acceptors (Lipinski definition) is 6. The van der Waals surface area contributed by atoms with Gasteiger partial charge in [0, 0.05) is 19.3 Å². The Morgan fingerprint density at radius 1 is 1.21 bits per heavy atom. The van der Waals surface area contributed by atoms with E-state index in [9.17, 15) is 10.1 Å². The second kappa shape index (κ2) is 7.93. The SMILES string of the molecule is N#CC1(C(=O)N2CCCC(Cc3ccc(Nc4ccccn4)nn3)C2)CCC1. The smallest absolute Gasteiger partial charge is 0.243 e. The van der Waals surface area contributed by atoms with Crippen molar-refractivity contribution in [2.75, 3.05) is 18.4 Å². The van der Waals surface area contributed by atoms with Gasteiger partial charge >= 0.3 is 0 Å². The molecule has 1 unspecified atom stereocenters. The number of piperidine rings is 1. The molecule has 3 heterocycles. The van der Waals surface area contributed by atoms with Crippen LogP contribution in [0.1, 0.15) is 37.8 Å². The normalized spacial score (nSPS) is 20.7. The molecule has 0 spiro atoms. The van der Waals surface area contributed by atoms with Gasteiger partial charge in [0.1, 0.15) is 11.2 Å². The summed E-state index contributed by atoms with van der Waals surface area (Å²) >= 11 is 0. The Hall–Kier alpha value is -3.01. The van der Waals surface area contributed by atoms with E-state index >= 15 is 0 Å². The summed E-state index contributed by atoms with van der Waals surface area (Å²) in [5.41, 5.74) is 0.171. The number of hydrogen-bond donors (Lipinski definition) is 1. The molecule has 0 bridgehead atoms. The van der Waals surface area contributed by atoms with Crippen LogP contribution in [-0.2, 0) is 11.2 Å². The van der Waals surface area contributed by atoms with Crippen molar-refractivity contribution >= 4 is 17.5 Å². The van der Waals surface area contributed by atoms with Crippen LogP contribution in [-0.4, -0.2) is 39.1 Å². The molecule has 1 aliphatic heterocycles. The lowest BCUT2D eigenvalue weighted by Gasteiger charge is -2.41. The third kappa shape index (κ3) is 3.81. The first kappa shape index (κ1) is 18.4. The summed E-state index contributed by atoms with van der Waals surface area (Å²) in [6.45, 7) is 1.47. The molecule has 2 aliphatic rings. The van der Waals surface area contributed by atoms with Gasteiger partial charge < -0.3 is 10.2 Å². The molecular weight excluding hydrogens is 352 g/mol. The Morgan fingerprint density at radius 2 is 2.11 bits per heavy atom. The number of anilines is 2. The molecule has 7 nitrogen and oxygen atoms in total. The fraction of sp³-hybridized carbons (Fsp3) is 0.476. The molecule has 2 fully saturated rings. The van der Waals surface area contributed by atoms with Crippen LogP contribution in [0.5, 0.6) is 0 Å². The van der Waals surface area contributed by atoms with E-state index in [0.29, 0.717) is 31.1 Å². The van der Waals surface area contributed by atoms with Crippen molar-refractivity contribution in [1.29, 1.82) is 5.26 Å². The fourth-order valence-electron chi connectivity index (χ4n) is 4.02. The van der Waals surface area contributed by atoms with Crippen molar-refractivity contribution < 1.29 is 4.79 Å². The van der Waals surface area contributed by atoms with Crippen LogP contribution in [0.3, 0.4) is 0 Å². The molecule has 2 aromatic heterocycles. The zero-order valence-corrected chi connectivity index (χ0v) is 15.8. The minimum Gasteiger partial charge on any atom is -0.341 e. The topological polar surface area (TPSA) is 94.8 Å². The molecule has 0 aromatic carbocycles. The van der Waals surface area contributed by atoms with E-state index in [1.165, 1.54) is 0 Å². The molecule has 28 heavy (non-hydrogen) atoms. The largest absolute Gasteiger partial charge is 0.341 e. The molecule has 0 radical (unpaired) electrons. The lowest BCUT2D eigenvalue weighted by Crippen LogP contribution is -2.50. The highest BCUT2D eigenvalue weighted by molar-refractivity contribution is 5.86.